The molecular weight excluding hydrogens is 452 g/mol. The van der Waals surface area contributed by atoms with E-state index >= 15 is 0 Å². The second-order valence-corrected chi connectivity index (χ2v) is 8.75. The molecular formula is C25H26N4O4S. The standard InChI is InChI=1S/C25H26N4O4S/c1-4-31-21-15-17(10-11-20(21)33-13-12-32-18-8-6-5-7-9-18)14-19-22(26)29-25(27-23(19)30)34-24(28-29)16(2)3/h5-11,14-16,26H,4,12-13H2,1-3H3/b19-14+,26-22?. The molecule has 8 nitrogen and oxygen atoms in total. The predicted octanol–water partition coefficient (Wildman–Crippen LogP) is 4.82. The first kappa shape index (κ1) is 23.6. The van der Waals surface area contributed by atoms with Gasteiger partial charge in [-0.3, -0.25) is 10.2 Å². The molecule has 2 aliphatic heterocycles. The fraction of sp³-hybridized carbons (Fsp3) is 0.280. The number of nitrogens with one attached hydrogen (secondary N) is 1. The van der Waals surface area contributed by atoms with Crippen LogP contribution in [0.2, 0.25) is 0 Å². The summed E-state index contributed by atoms with van der Waals surface area (Å²) in [5, 5.41) is 15.6. The van der Waals surface area contributed by atoms with Gasteiger partial charge in [0.25, 0.3) is 5.91 Å². The molecule has 2 aromatic rings. The number of hydrazone groups is 1. The minimum absolute atomic E-state index is 0.00879. The van der Waals surface area contributed by atoms with Crippen molar-refractivity contribution in [2.75, 3.05) is 19.8 Å². The number of thioether (sulfide) groups is 1. The van der Waals surface area contributed by atoms with E-state index < -0.39 is 5.91 Å². The van der Waals surface area contributed by atoms with Crippen LogP contribution in [-0.4, -0.2) is 46.8 Å². The van der Waals surface area contributed by atoms with Crippen molar-refractivity contribution in [3.05, 3.63) is 59.7 Å². The van der Waals surface area contributed by atoms with Gasteiger partial charge >= 0.3 is 0 Å². The van der Waals surface area contributed by atoms with E-state index in [0.717, 1.165) is 10.8 Å². The Morgan fingerprint density at radius 2 is 1.82 bits per heavy atom. The average Bonchev–Trinajstić information content (AvgIpc) is 3.26. The van der Waals surface area contributed by atoms with E-state index in [9.17, 15) is 4.79 Å². The summed E-state index contributed by atoms with van der Waals surface area (Å²) >= 11 is 1.33. The molecule has 0 aliphatic carbocycles. The number of rotatable bonds is 9. The first-order valence-electron chi connectivity index (χ1n) is 11.0. The van der Waals surface area contributed by atoms with Gasteiger partial charge in [-0.1, -0.05) is 38.1 Å². The van der Waals surface area contributed by atoms with Crippen LogP contribution in [0.25, 0.3) is 6.08 Å². The van der Waals surface area contributed by atoms with Gasteiger partial charge in [0.1, 0.15) is 24.0 Å². The number of benzene rings is 2. The molecule has 0 unspecified atom stereocenters. The fourth-order valence-corrected chi connectivity index (χ4v) is 4.13. The largest absolute Gasteiger partial charge is 0.490 e. The van der Waals surface area contributed by atoms with Crippen LogP contribution in [0.3, 0.4) is 0 Å². The second kappa shape index (κ2) is 10.6. The summed E-state index contributed by atoms with van der Waals surface area (Å²) in [6.07, 6.45) is 1.63. The molecule has 1 amide bonds. The number of ether oxygens (including phenoxy) is 3. The molecule has 0 saturated heterocycles. The third-order valence-electron chi connectivity index (χ3n) is 4.90. The van der Waals surface area contributed by atoms with Crippen LogP contribution in [0.15, 0.2) is 64.2 Å². The monoisotopic (exact) mass is 478 g/mol. The topological polar surface area (TPSA) is 96.6 Å². The van der Waals surface area contributed by atoms with Crippen LogP contribution >= 0.6 is 11.8 Å². The van der Waals surface area contributed by atoms with Crippen molar-refractivity contribution in [3.63, 3.8) is 0 Å². The van der Waals surface area contributed by atoms with Crippen LogP contribution in [0.4, 0.5) is 0 Å². The van der Waals surface area contributed by atoms with Crippen LogP contribution in [0.5, 0.6) is 17.2 Å². The molecule has 9 heteroatoms. The Labute approximate surface area is 202 Å². The molecule has 2 heterocycles. The lowest BCUT2D eigenvalue weighted by molar-refractivity contribution is -0.114. The first-order chi connectivity index (χ1) is 16.5. The minimum Gasteiger partial charge on any atom is -0.490 e. The Balaban J connectivity index is 1.48. The van der Waals surface area contributed by atoms with Gasteiger partial charge in [-0.25, -0.2) is 0 Å². The Hall–Kier alpha value is -3.59. The van der Waals surface area contributed by atoms with Gasteiger partial charge in [-0.15, -0.1) is 0 Å². The van der Waals surface area contributed by atoms with E-state index in [0.29, 0.717) is 42.1 Å². The van der Waals surface area contributed by atoms with Gasteiger partial charge in [0.2, 0.25) is 5.17 Å². The van der Waals surface area contributed by atoms with Crippen molar-refractivity contribution >= 4 is 39.8 Å². The molecule has 0 saturated carbocycles. The second-order valence-electron chi connectivity index (χ2n) is 7.76. The molecule has 0 radical (unpaired) electrons. The average molecular weight is 479 g/mol. The smallest absolute Gasteiger partial charge is 0.283 e. The number of amides is 1. The Bertz CT molecular complexity index is 1170. The van der Waals surface area contributed by atoms with E-state index in [2.05, 4.69) is 10.1 Å². The number of hydrogen-bond acceptors (Lipinski definition) is 7. The molecule has 2 aliphatic rings. The normalized spacial score (nSPS) is 16.5. The third-order valence-corrected chi connectivity index (χ3v) is 6.10. The zero-order chi connectivity index (χ0) is 24.1. The lowest BCUT2D eigenvalue weighted by Crippen LogP contribution is -2.35. The molecule has 4 rings (SSSR count). The van der Waals surface area contributed by atoms with Crippen molar-refractivity contribution in [2.45, 2.75) is 20.8 Å². The van der Waals surface area contributed by atoms with Crippen LogP contribution in [-0.2, 0) is 4.79 Å². The zero-order valence-electron chi connectivity index (χ0n) is 19.3. The lowest BCUT2D eigenvalue weighted by Gasteiger charge is -2.20. The lowest BCUT2D eigenvalue weighted by atomic mass is 10.1. The number of amidine groups is 2. The van der Waals surface area contributed by atoms with Gasteiger partial charge in [0.15, 0.2) is 17.3 Å². The number of fused-ring (bicyclic) bond motifs is 1. The number of nitrogens with zero attached hydrogens (tertiary/aromatic N) is 3. The Kier molecular flexibility index (Phi) is 7.32. The van der Waals surface area contributed by atoms with Crippen LogP contribution in [0, 0.1) is 11.3 Å². The molecule has 0 bridgehead atoms. The quantitative estimate of drug-likeness (QED) is 0.410. The summed E-state index contributed by atoms with van der Waals surface area (Å²) in [6, 6.07) is 14.9. The first-order valence-corrected chi connectivity index (χ1v) is 11.9. The number of carbonyl (C=O) groups is 1. The predicted molar refractivity (Wildman–Crippen MR) is 135 cm³/mol. The van der Waals surface area contributed by atoms with Crippen molar-refractivity contribution in [2.24, 2.45) is 16.0 Å². The van der Waals surface area contributed by atoms with Gasteiger partial charge in [0, 0.05) is 5.92 Å². The third kappa shape index (κ3) is 5.31. The molecule has 0 spiro atoms. The summed E-state index contributed by atoms with van der Waals surface area (Å²) in [4.78, 5) is 16.8. The fourth-order valence-electron chi connectivity index (χ4n) is 3.24. The number of aliphatic imine (C=N–C) groups is 1. The van der Waals surface area contributed by atoms with Crippen molar-refractivity contribution in [3.8, 4) is 17.2 Å². The highest BCUT2D eigenvalue weighted by molar-refractivity contribution is 8.27. The molecule has 2 aromatic carbocycles. The Morgan fingerprint density at radius 1 is 1.06 bits per heavy atom. The summed E-state index contributed by atoms with van der Waals surface area (Å²) in [5.74, 6) is 1.65. The van der Waals surface area contributed by atoms with Gasteiger partial charge < -0.3 is 14.2 Å². The van der Waals surface area contributed by atoms with Crippen molar-refractivity contribution in [1.29, 1.82) is 5.41 Å². The highest BCUT2D eigenvalue weighted by atomic mass is 32.2. The van der Waals surface area contributed by atoms with E-state index in [1.54, 1.807) is 18.2 Å². The van der Waals surface area contributed by atoms with Gasteiger partial charge in [-0.05, 0) is 54.6 Å². The van der Waals surface area contributed by atoms with Gasteiger partial charge in [0.05, 0.1) is 12.2 Å². The maximum Gasteiger partial charge on any atom is 0.283 e. The summed E-state index contributed by atoms with van der Waals surface area (Å²) < 4.78 is 17.3. The van der Waals surface area contributed by atoms with E-state index in [-0.39, 0.29) is 17.3 Å². The molecule has 0 atom stereocenters. The van der Waals surface area contributed by atoms with Crippen LogP contribution < -0.4 is 14.2 Å². The minimum atomic E-state index is -0.458. The van der Waals surface area contributed by atoms with E-state index in [1.165, 1.54) is 16.8 Å². The number of carbonyl (C=O) groups excluding carboxylic acids is 1. The van der Waals surface area contributed by atoms with Crippen LogP contribution in [0.1, 0.15) is 26.3 Å². The number of para-hydroxylation sites is 1. The Morgan fingerprint density at radius 3 is 2.56 bits per heavy atom. The molecule has 1 N–H and O–H groups in total. The van der Waals surface area contributed by atoms with Crippen molar-refractivity contribution < 1.29 is 19.0 Å². The summed E-state index contributed by atoms with van der Waals surface area (Å²) in [7, 11) is 0. The SMILES string of the molecule is CCOc1cc(/C=C2\C(=N)N3N=C(C(C)C)SC3=NC2=O)ccc1OCCOc1ccccc1. The highest BCUT2D eigenvalue weighted by Gasteiger charge is 2.36. The van der Waals surface area contributed by atoms with E-state index in [4.69, 9.17) is 19.6 Å². The maximum atomic E-state index is 12.6. The summed E-state index contributed by atoms with van der Waals surface area (Å²) in [5.41, 5.74) is 0.869. The molecule has 34 heavy (non-hydrogen) atoms. The molecule has 0 fully saturated rings. The van der Waals surface area contributed by atoms with Crippen molar-refractivity contribution in [1.82, 2.24) is 5.01 Å². The van der Waals surface area contributed by atoms with Gasteiger partial charge in [-0.2, -0.15) is 15.1 Å². The zero-order valence-corrected chi connectivity index (χ0v) is 20.1. The summed E-state index contributed by atoms with van der Waals surface area (Å²) in [6.45, 7) is 7.11. The number of hydrogen-bond donors (Lipinski definition) is 1. The molecule has 176 valence electrons. The highest BCUT2D eigenvalue weighted by Crippen LogP contribution is 2.33. The van der Waals surface area contributed by atoms with E-state index in [1.807, 2.05) is 57.2 Å². The maximum absolute atomic E-state index is 12.6. The molecule has 0 aromatic heterocycles.